The predicted octanol–water partition coefficient (Wildman–Crippen LogP) is 4.41. The lowest BCUT2D eigenvalue weighted by atomic mass is 9.97. The number of ether oxygens (including phenoxy) is 1. The molecule has 3 N–H and O–H groups in total. The summed E-state index contributed by atoms with van der Waals surface area (Å²) >= 11 is 0. The van der Waals surface area contributed by atoms with Gasteiger partial charge in [-0.1, -0.05) is 41.6 Å². The first kappa shape index (κ1) is 22.4. The van der Waals surface area contributed by atoms with Crippen LogP contribution >= 0.6 is 0 Å². The zero-order valence-corrected chi connectivity index (χ0v) is 17.4. The molecule has 8 nitrogen and oxygen atoms in total. The maximum absolute atomic E-state index is 13.4. The molecular formula is C24H22N4O4. The molecule has 0 radical (unpaired) electrons. The average Bonchev–Trinajstić information content (AvgIpc) is 3.31. The molecular weight excluding hydrogens is 408 g/mol. The summed E-state index contributed by atoms with van der Waals surface area (Å²) in [6, 6.07) is 14.5. The van der Waals surface area contributed by atoms with E-state index in [-0.39, 0.29) is 17.9 Å². The number of rotatable bonds is 10. The number of anilines is 1. The smallest absolute Gasteiger partial charge is 0.338 e. The molecule has 0 fully saturated rings. The molecule has 1 atom stereocenters. The molecule has 0 aliphatic rings. The number of hydrogen-bond donors (Lipinski definition) is 3. The van der Waals surface area contributed by atoms with Crippen molar-refractivity contribution >= 4 is 29.4 Å². The third kappa shape index (κ3) is 5.23. The van der Waals surface area contributed by atoms with Gasteiger partial charge in [0.25, 0.3) is 0 Å². The Morgan fingerprint density at radius 3 is 2.69 bits per heavy atom. The lowest BCUT2D eigenvalue weighted by Crippen LogP contribution is -2.36. The van der Waals surface area contributed by atoms with E-state index in [1.54, 1.807) is 43.3 Å². The highest BCUT2D eigenvalue weighted by atomic mass is 16.5. The van der Waals surface area contributed by atoms with E-state index in [0.717, 1.165) is 6.21 Å². The van der Waals surface area contributed by atoms with Gasteiger partial charge in [0.1, 0.15) is 6.04 Å². The first-order valence-corrected chi connectivity index (χ1v) is 9.88. The van der Waals surface area contributed by atoms with Gasteiger partial charge in [-0.3, -0.25) is 4.79 Å². The zero-order chi connectivity index (χ0) is 22.9. The minimum atomic E-state index is -1.11. The van der Waals surface area contributed by atoms with Crippen LogP contribution < -0.4 is 5.32 Å². The Bertz CT molecular complexity index is 1150. The van der Waals surface area contributed by atoms with E-state index in [2.05, 4.69) is 10.5 Å². The normalized spacial score (nSPS) is 11.7. The van der Waals surface area contributed by atoms with Crippen LogP contribution in [0.4, 0.5) is 5.69 Å². The summed E-state index contributed by atoms with van der Waals surface area (Å²) in [5.41, 5.74) is 1.60. The number of allylic oxidation sites excluding steroid dienone is 1. The Balaban J connectivity index is 1.95. The molecule has 3 aromatic rings. The van der Waals surface area contributed by atoms with Crippen LogP contribution in [0, 0.1) is 10.8 Å². The number of Topliss-reactive ketones (excluding diaryl/α,β-unsaturated/α-hetero) is 1. The van der Waals surface area contributed by atoms with Crippen LogP contribution in [0.25, 0.3) is 11.3 Å². The number of hydrogen-bond acceptors (Lipinski definition) is 8. The van der Waals surface area contributed by atoms with E-state index in [9.17, 15) is 9.59 Å². The number of carbonyl (C=O) groups excluding carboxylic acids is 2. The predicted molar refractivity (Wildman–Crippen MR) is 122 cm³/mol. The molecule has 0 spiro atoms. The standard InChI is InChI=1S/C24H22N4O4/c1-2-31-24(30)17-10-6-11-18(14-17)28-21(20(26)12-7-13-25)22(29)19-15-27-32-23(19)16-8-4-3-5-9-16/h3-15,21,25-26,28H,2H2,1H3. The van der Waals surface area contributed by atoms with Crippen molar-refractivity contribution in [3.63, 3.8) is 0 Å². The maximum atomic E-state index is 13.4. The van der Waals surface area contributed by atoms with Gasteiger partial charge in [-0.2, -0.15) is 0 Å². The summed E-state index contributed by atoms with van der Waals surface area (Å²) in [6.45, 7) is 1.96. The lowest BCUT2D eigenvalue weighted by molar-refractivity contribution is 0.0526. The summed E-state index contributed by atoms with van der Waals surface area (Å²) < 4.78 is 10.4. The SMILES string of the molecule is CCOC(=O)c1cccc(NC(C(=N)C=CC=N)C(=O)c2cnoc2-c2ccccc2)c1. The number of aromatic nitrogens is 1. The van der Waals surface area contributed by atoms with Gasteiger partial charge in [0.2, 0.25) is 0 Å². The minimum Gasteiger partial charge on any atom is -0.462 e. The quantitative estimate of drug-likeness (QED) is 0.248. The van der Waals surface area contributed by atoms with Crippen LogP contribution in [0.5, 0.6) is 0 Å². The zero-order valence-electron chi connectivity index (χ0n) is 17.4. The molecule has 162 valence electrons. The number of nitrogens with zero attached hydrogens (tertiary/aromatic N) is 1. The number of carbonyl (C=O) groups is 2. The average molecular weight is 430 g/mol. The van der Waals surface area contributed by atoms with Crippen molar-refractivity contribution in [2.45, 2.75) is 13.0 Å². The molecule has 0 aliphatic heterocycles. The topological polar surface area (TPSA) is 129 Å². The Morgan fingerprint density at radius 2 is 1.97 bits per heavy atom. The van der Waals surface area contributed by atoms with Crippen molar-refractivity contribution in [3.8, 4) is 11.3 Å². The molecule has 1 unspecified atom stereocenters. The number of esters is 1. The third-order valence-electron chi connectivity index (χ3n) is 4.50. The Kier molecular flexibility index (Phi) is 7.42. The molecule has 32 heavy (non-hydrogen) atoms. The summed E-state index contributed by atoms with van der Waals surface area (Å²) in [7, 11) is 0. The van der Waals surface area contributed by atoms with E-state index >= 15 is 0 Å². The van der Waals surface area contributed by atoms with Gasteiger partial charge in [0.15, 0.2) is 11.5 Å². The third-order valence-corrected chi connectivity index (χ3v) is 4.50. The first-order chi connectivity index (χ1) is 15.5. The fraction of sp³-hybridized carbons (Fsp3) is 0.125. The summed E-state index contributed by atoms with van der Waals surface area (Å²) in [5, 5.41) is 22.4. The molecule has 2 aromatic carbocycles. The number of ketones is 1. The van der Waals surface area contributed by atoms with Gasteiger partial charge in [-0.15, -0.1) is 0 Å². The van der Waals surface area contributed by atoms with Gasteiger partial charge in [-0.05, 0) is 37.3 Å². The fourth-order valence-corrected chi connectivity index (χ4v) is 3.02. The second-order valence-corrected chi connectivity index (χ2v) is 6.66. The highest BCUT2D eigenvalue weighted by molar-refractivity contribution is 6.21. The van der Waals surface area contributed by atoms with Crippen molar-refractivity contribution in [2.24, 2.45) is 0 Å². The number of benzene rings is 2. The molecule has 3 rings (SSSR count). The molecule has 0 aliphatic carbocycles. The molecule has 1 aromatic heterocycles. The molecule has 0 amide bonds. The van der Waals surface area contributed by atoms with Crippen LogP contribution in [0.2, 0.25) is 0 Å². The van der Waals surface area contributed by atoms with Crippen LogP contribution in [-0.2, 0) is 4.74 Å². The Morgan fingerprint density at radius 1 is 1.19 bits per heavy atom. The fourth-order valence-electron chi connectivity index (χ4n) is 3.02. The maximum Gasteiger partial charge on any atom is 0.338 e. The summed E-state index contributed by atoms with van der Waals surface area (Å²) in [6.07, 6.45) is 5.05. The molecule has 1 heterocycles. The van der Waals surface area contributed by atoms with Crippen molar-refractivity contribution in [2.75, 3.05) is 11.9 Å². The van der Waals surface area contributed by atoms with E-state index in [0.29, 0.717) is 22.6 Å². The van der Waals surface area contributed by atoms with Crippen LogP contribution in [0.1, 0.15) is 27.6 Å². The van der Waals surface area contributed by atoms with Crippen LogP contribution in [-0.4, -0.2) is 41.5 Å². The van der Waals surface area contributed by atoms with Gasteiger partial charge in [0.05, 0.1) is 29.6 Å². The van der Waals surface area contributed by atoms with Gasteiger partial charge < -0.3 is 25.4 Å². The molecule has 0 saturated carbocycles. The van der Waals surface area contributed by atoms with Crippen molar-refractivity contribution in [3.05, 3.63) is 84.1 Å². The summed E-state index contributed by atoms with van der Waals surface area (Å²) in [4.78, 5) is 25.5. The van der Waals surface area contributed by atoms with Gasteiger partial charge in [0, 0.05) is 17.5 Å². The van der Waals surface area contributed by atoms with Crippen molar-refractivity contribution in [1.29, 1.82) is 10.8 Å². The van der Waals surface area contributed by atoms with Crippen LogP contribution in [0.15, 0.2) is 77.5 Å². The summed E-state index contributed by atoms with van der Waals surface area (Å²) in [5.74, 6) is -0.624. The van der Waals surface area contributed by atoms with Crippen molar-refractivity contribution < 1.29 is 18.8 Å². The van der Waals surface area contributed by atoms with Crippen molar-refractivity contribution in [1.82, 2.24) is 5.16 Å². The molecule has 0 saturated heterocycles. The van der Waals surface area contributed by atoms with Gasteiger partial charge in [-0.25, -0.2) is 4.79 Å². The van der Waals surface area contributed by atoms with Crippen LogP contribution in [0.3, 0.4) is 0 Å². The molecule has 0 bridgehead atoms. The van der Waals surface area contributed by atoms with E-state index in [4.69, 9.17) is 20.1 Å². The van der Waals surface area contributed by atoms with E-state index in [1.165, 1.54) is 18.3 Å². The minimum absolute atomic E-state index is 0.0692. The lowest BCUT2D eigenvalue weighted by Gasteiger charge is -2.18. The number of nitrogens with one attached hydrogen (secondary N) is 3. The second kappa shape index (κ2) is 10.6. The second-order valence-electron chi connectivity index (χ2n) is 6.66. The molecule has 8 heteroatoms. The Labute approximate surface area is 184 Å². The van der Waals surface area contributed by atoms with Gasteiger partial charge >= 0.3 is 5.97 Å². The van der Waals surface area contributed by atoms with E-state index < -0.39 is 17.8 Å². The highest BCUT2D eigenvalue weighted by Gasteiger charge is 2.28. The monoisotopic (exact) mass is 430 g/mol. The Hall–Kier alpha value is -4.33. The largest absolute Gasteiger partial charge is 0.462 e. The highest BCUT2D eigenvalue weighted by Crippen LogP contribution is 2.25. The first-order valence-electron chi connectivity index (χ1n) is 9.88. The van der Waals surface area contributed by atoms with E-state index in [1.807, 2.05) is 18.2 Å².